The van der Waals surface area contributed by atoms with Crippen LogP contribution in [0, 0.1) is 0 Å². The van der Waals surface area contributed by atoms with Crippen molar-refractivity contribution in [2.24, 2.45) is 5.73 Å². The molecule has 12 heteroatoms. The molecule has 1 heterocycles. The van der Waals surface area contributed by atoms with E-state index in [2.05, 4.69) is 15.6 Å². The van der Waals surface area contributed by atoms with Crippen molar-refractivity contribution in [2.45, 2.75) is 64.2 Å². The number of ether oxygens (including phenoxy) is 1. The first-order chi connectivity index (χ1) is 18.5. The van der Waals surface area contributed by atoms with Gasteiger partial charge in [0.25, 0.3) is 5.91 Å². The summed E-state index contributed by atoms with van der Waals surface area (Å²) in [7, 11) is 0. The van der Waals surface area contributed by atoms with Crippen molar-refractivity contribution >= 4 is 23.7 Å². The number of aromatic nitrogens is 1. The van der Waals surface area contributed by atoms with Crippen LogP contribution in [0.2, 0.25) is 0 Å². The summed E-state index contributed by atoms with van der Waals surface area (Å²) in [6, 6.07) is 5.95. The molecule has 0 aliphatic heterocycles. The number of H-pyrrole nitrogens is 1. The lowest BCUT2D eigenvalue weighted by Gasteiger charge is -2.21. The average molecular weight is 551 g/mol. The van der Waals surface area contributed by atoms with E-state index in [1.807, 2.05) is 6.92 Å². The number of aromatic amines is 1. The van der Waals surface area contributed by atoms with Crippen molar-refractivity contribution in [3.05, 3.63) is 59.8 Å². The number of nitrogens with two attached hydrogens (primary N) is 1. The van der Waals surface area contributed by atoms with Crippen LogP contribution >= 0.6 is 0 Å². The van der Waals surface area contributed by atoms with Gasteiger partial charge in [-0.25, -0.2) is 4.79 Å². The maximum Gasteiger partial charge on any atom is 0.417 e. The van der Waals surface area contributed by atoms with Gasteiger partial charge in [0, 0.05) is 29.8 Å². The Bertz CT molecular complexity index is 1180. The fourth-order valence-electron chi connectivity index (χ4n) is 3.75. The largest absolute Gasteiger partial charge is 0.463 e. The smallest absolute Gasteiger partial charge is 0.417 e. The molecule has 0 radical (unpaired) electrons. The summed E-state index contributed by atoms with van der Waals surface area (Å²) >= 11 is 0. The second-order valence-electron chi connectivity index (χ2n) is 8.73. The van der Waals surface area contributed by atoms with Crippen LogP contribution in [0.1, 0.15) is 62.0 Å². The van der Waals surface area contributed by atoms with Crippen molar-refractivity contribution < 1.29 is 37.1 Å². The standard InChI is InChI=1S/C27H33F3N4O5/c1-3-5-10-21(25(37)32-17(11-15-23(31)35)12-16-24(36)39-4-2)34-26(38)22-14-13-20(33-22)18-8-6-7-9-19(18)27(28,29)30/h6-9,12-14,16-17,21,33H,3-5,10-11,15H2,1-2H3,(H2,31,35)(H,32,37)(H,34,38)/b16-12+/t17-,21-/m0/s1. The molecule has 0 spiro atoms. The van der Waals surface area contributed by atoms with Gasteiger partial charge in [0.1, 0.15) is 11.7 Å². The van der Waals surface area contributed by atoms with Crippen LogP contribution in [-0.4, -0.2) is 47.4 Å². The topological polar surface area (TPSA) is 143 Å². The highest BCUT2D eigenvalue weighted by molar-refractivity contribution is 5.97. The van der Waals surface area contributed by atoms with Gasteiger partial charge in [0.05, 0.1) is 12.2 Å². The van der Waals surface area contributed by atoms with Crippen LogP contribution in [0.15, 0.2) is 48.6 Å². The molecule has 2 rings (SSSR count). The second-order valence-corrected chi connectivity index (χ2v) is 8.73. The summed E-state index contributed by atoms with van der Waals surface area (Å²) in [6.07, 6.45) is -0.408. The predicted molar refractivity (Wildman–Crippen MR) is 138 cm³/mol. The van der Waals surface area contributed by atoms with Gasteiger partial charge in [-0.05, 0) is 38.0 Å². The minimum absolute atomic E-state index is 0.0243. The number of hydrogen-bond donors (Lipinski definition) is 4. The molecule has 1 aromatic carbocycles. The highest BCUT2D eigenvalue weighted by Gasteiger charge is 2.33. The van der Waals surface area contributed by atoms with Gasteiger partial charge >= 0.3 is 12.1 Å². The number of benzene rings is 1. The number of alkyl halides is 3. The Labute approximate surface area is 224 Å². The molecule has 0 bridgehead atoms. The van der Waals surface area contributed by atoms with Gasteiger partial charge in [-0.1, -0.05) is 44.0 Å². The fraction of sp³-hybridized carbons (Fsp3) is 0.407. The Balaban J connectivity index is 2.20. The molecule has 3 amide bonds. The number of rotatable bonds is 14. The normalized spacial score (nSPS) is 13.1. The molecule has 0 saturated heterocycles. The Kier molecular flexibility index (Phi) is 11.8. The first-order valence-electron chi connectivity index (χ1n) is 12.6. The van der Waals surface area contributed by atoms with Gasteiger partial charge < -0.3 is 26.1 Å². The lowest BCUT2D eigenvalue weighted by Crippen LogP contribution is -2.49. The molecule has 0 unspecified atom stereocenters. The Morgan fingerprint density at radius 2 is 1.77 bits per heavy atom. The molecule has 9 nitrogen and oxygen atoms in total. The van der Waals surface area contributed by atoms with Gasteiger partial charge in [0.2, 0.25) is 11.8 Å². The predicted octanol–water partition coefficient (Wildman–Crippen LogP) is 3.86. The highest BCUT2D eigenvalue weighted by atomic mass is 19.4. The van der Waals surface area contributed by atoms with Crippen molar-refractivity contribution in [2.75, 3.05) is 6.61 Å². The maximum atomic E-state index is 13.4. The zero-order valence-corrected chi connectivity index (χ0v) is 21.8. The van der Waals surface area contributed by atoms with E-state index in [0.29, 0.717) is 6.42 Å². The number of esters is 1. The van der Waals surface area contributed by atoms with Crippen LogP contribution in [0.4, 0.5) is 13.2 Å². The maximum absolute atomic E-state index is 13.4. The summed E-state index contributed by atoms with van der Waals surface area (Å²) in [6.45, 7) is 3.71. The molecule has 0 fully saturated rings. The Morgan fingerprint density at radius 1 is 1.05 bits per heavy atom. The van der Waals surface area contributed by atoms with E-state index in [4.69, 9.17) is 10.5 Å². The Hall–Kier alpha value is -4.09. The molecule has 39 heavy (non-hydrogen) atoms. The van der Waals surface area contributed by atoms with Crippen LogP contribution in [-0.2, 0) is 25.3 Å². The van der Waals surface area contributed by atoms with Crippen LogP contribution in [0.5, 0.6) is 0 Å². The first-order valence-corrected chi connectivity index (χ1v) is 12.6. The number of nitrogens with one attached hydrogen (secondary N) is 3. The molecule has 1 aromatic heterocycles. The zero-order valence-electron chi connectivity index (χ0n) is 21.8. The number of primary amides is 1. The molecule has 0 saturated carbocycles. The summed E-state index contributed by atoms with van der Waals surface area (Å²) < 4.78 is 45.1. The number of hydrogen-bond acceptors (Lipinski definition) is 5. The third-order valence-corrected chi connectivity index (χ3v) is 5.70. The van der Waals surface area contributed by atoms with Gasteiger partial charge in [0.15, 0.2) is 0 Å². The monoisotopic (exact) mass is 550 g/mol. The molecule has 212 valence electrons. The summed E-state index contributed by atoms with van der Waals surface area (Å²) in [4.78, 5) is 51.7. The van der Waals surface area contributed by atoms with Crippen molar-refractivity contribution in [1.82, 2.24) is 15.6 Å². The van der Waals surface area contributed by atoms with E-state index >= 15 is 0 Å². The van der Waals surface area contributed by atoms with Crippen LogP contribution in [0.25, 0.3) is 11.3 Å². The first kappa shape index (κ1) is 31.1. The quantitative estimate of drug-likeness (QED) is 0.209. The van der Waals surface area contributed by atoms with Gasteiger partial charge in [-0.3, -0.25) is 14.4 Å². The number of halogens is 3. The number of carbonyl (C=O) groups excluding carboxylic acids is 4. The van der Waals surface area contributed by atoms with E-state index in [0.717, 1.165) is 18.6 Å². The van der Waals surface area contributed by atoms with E-state index in [1.54, 1.807) is 6.92 Å². The lowest BCUT2D eigenvalue weighted by molar-refractivity contribution is -0.138. The van der Waals surface area contributed by atoms with Crippen molar-refractivity contribution in [3.8, 4) is 11.3 Å². The average Bonchev–Trinajstić information content (AvgIpc) is 3.38. The molecule has 0 aliphatic rings. The van der Waals surface area contributed by atoms with E-state index in [1.165, 1.54) is 36.4 Å². The lowest BCUT2D eigenvalue weighted by atomic mass is 10.0. The minimum Gasteiger partial charge on any atom is -0.463 e. The molecule has 5 N–H and O–H groups in total. The van der Waals surface area contributed by atoms with Crippen LogP contribution in [0.3, 0.4) is 0 Å². The van der Waals surface area contributed by atoms with Gasteiger partial charge in [-0.2, -0.15) is 13.2 Å². The highest BCUT2D eigenvalue weighted by Crippen LogP contribution is 2.36. The van der Waals surface area contributed by atoms with Crippen molar-refractivity contribution in [1.29, 1.82) is 0 Å². The summed E-state index contributed by atoms with van der Waals surface area (Å²) in [5.41, 5.74) is 4.32. The number of amides is 3. The zero-order chi connectivity index (χ0) is 29.0. The second kappa shape index (κ2) is 14.7. The molecular formula is C27H33F3N4O5. The van der Waals surface area contributed by atoms with Gasteiger partial charge in [-0.15, -0.1) is 0 Å². The summed E-state index contributed by atoms with van der Waals surface area (Å²) in [5.74, 6) is -2.46. The third-order valence-electron chi connectivity index (χ3n) is 5.70. The fourth-order valence-corrected chi connectivity index (χ4v) is 3.75. The Morgan fingerprint density at radius 3 is 2.41 bits per heavy atom. The van der Waals surface area contributed by atoms with E-state index < -0.39 is 47.5 Å². The van der Waals surface area contributed by atoms with E-state index in [9.17, 15) is 32.3 Å². The SMILES string of the molecule is CCCC[C@H](NC(=O)c1ccc(-c2ccccc2C(F)(F)F)[nH]1)C(=O)N[C@H](/C=C/C(=O)OCC)CCC(N)=O. The number of carbonyl (C=O) groups is 4. The molecule has 2 atom stereocenters. The van der Waals surface area contributed by atoms with Crippen molar-refractivity contribution in [3.63, 3.8) is 0 Å². The van der Waals surface area contributed by atoms with Crippen LogP contribution < -0.4 is 16.4 Å². The molecular weight excluding hydrogens is 517 g/mol. The minimum atomic E-state index is -4.58. The van der Waals surface area contributed by atoms with E-state index in [-0.39, 0.29) is 42.8 Å². The molecule has 0 aliphatic carbocycles. The number of unbranched alkanes of at least 4 members (excludes halogenated alkanes) is 1. The summed E-state index contributed by atoms with van der Waals surface area (Å²) in [5, 5.41) is 5.32. The third kappa shape index (κ3) is 9.95. The molecule has 2 aromatic rings.